The van der Waals surface area contributed by atoms with Gasteiger partial charge in [0.1, 0.15) is 0 Å². The lowest BCUT2D eigenvalue weighted by molar-refractivity contribution is 0.0985. The third-order valence-electron chi connectivity index (χ3n) is 6.89. The SMILES string of the molecule is CC1CCN(S(=O)(=O)c2ccc(C(=O)N(Cc3cccnc3)c3nc4cc5c(cc4s3)OCO5)cc2)CC1. The van der Waals surface area contributed by atoms with E-state index in [9.17, 15) is 13.2 Å². The van der Waals surface area contributed by atoms with Crippen molar-refractivity contribution in [3.8, 4) is 11.5 Å². The zero-order valence-electron chi connectivity index (χ0n) is 20.7. The molecule has 4 heterocycles. The van der Waals surface area contributed by atoms with Crippen molar-refractivity contribution in [3.05, 3.63) is 72.1 Å². The number of fused-ring (bicyclic) bond motifs is 2. The summed E-state index contributed by atoms with van der Waals surface area (Å²) in [6.07, 6.45) is 5.08. The molecule has 2 aromatic heterocycles. The quantitative estimate of drug-likeness (QED) is 0.343. The Labute approximate surface area is 224 Å². The highest BCUT2D eigenvalue weighted by atomic mass is 32.2. The van der Waals surface area contributed by atoms with Crippen LogP contribution in [0.5, 0.6) is 11.5 Å². The Hall–Kier alpha value is -3.54. The van der Waals surface area contributed by atoms with E-state index in [0.29, 0.717) is 46.7 Å². The minimum absolute atomic E-state index is 0.174. The highest BCUT2D eigenvalue weighted by molar-refractivity contribution is 7.89. The number of amides is 1. The maximum atomic E-state index is 13.8. The fourth-order valence-electron chi connectivity index (χ4n) is 4.62. The summed E-state index contributed by atoms with van der Waals surface area (Å²) in [5, 5.41) is 0.511. The molecular weight excluding hydrogens is 524 g/mol. The fourth-order valence-corrected chi connectivity index (χ4v) is 7.06. The zero-order chi connectivity index (χ0) is 26.3. The number of carbonyl (C=O) groups excluding carboxylic acids is 1. The van der Waals surface area contributed by atoms with Crippen LogP contribution in [0.15, 0.2) is 65.8 Å². The Bertz CT molecular complexity index is 1540. The van der Waals surface area contributed by atoms with Crippen molar-refractivity contribution in [2.75, 3.05) is 24.8 Å². The Balaban J connectivity index is 1.31. The molecule has 196 valence electrons. The van der Waals surface area contributed by atoms with Crippen molar-refractivity contribution in [1.82, 2.24) is 14.3 Å². The molecule has 1 fully saturated rings. The molecule has 0 aliphatic carbocycles. The van der Waals surface area contributed by atoms with E-state index < -0.39 is 10.0 Å². The summed E-state index contributed by atoms with van der Waals surface area (Å²) < 4.78 is 39.7. The Morgan fingerprint density at radius 2 is 1.84 bits per heavy atom. The van der Waals surface area contributed by atoms with Gasteiger partial charge in [-0.15, -0.1) is 0 Å². The molecule has 9 nitrogen and oxygen atoms in total. The molecule has 0 atom stereocenters. The molecule has 4 aromatic rings. The van der Waals surface area contributed by atoms with Gasteiger partial charge in [0.25, 0.3) is 5.91 Å². The van der Waals surface area contributed by atoms with Gasteiger partial charge in [0.05, 0.1) is 21.7 Å². The monoisotopic (exact) mass is 550 g/mol. The number of pyridine rings is 1. The van der Waals surface area contributed by atoms with Crippen LogP contribution in [0.4, 0.5) is 5.13 Å². The van der Waals surface area contributed by atoms with Crippen molar-refractivity contribution in [1.29, 1.82) is 0 Å². The minimum Gasteiger partial charge on any atom is -0.454 e. The number of rotatable bonds is 6. The maximum Gasteiger partial charge on any atom is 0.260 e. The van der Waals surface area contributed by atoms with Crippen molar-refractivity contribution < 1.29 is 22.7 Å². The van der Waals surface area contributed by atoms with Gasteiger partial charge >= 0.3 is 0 Å². The van der Waals surface area contributed by atoms with Crippen LogP contribution >= 0.6 is 11.3 Å². The number of thiazole rings is 1. The third-order valence-corrected chi connectivity index (χ3v) is 9.85. The lowest BCUT2D eigenvalue weighted by Gasteiger charge is -2.29. The topological polar surface area (TPSA) is 102 Å². The number of anilines is 1. The van der Waals surface area contributed by atoms with Gasteiger partial charge in [-0.25, -0.2) is 13.4 Å². The van der Waals surface area contributed by atoms with Crippen LogP contribution in [0.2, 0.25) is 0 Å². The molecule has 2 aliphatic rings. The van der Waals surface area contributed by atoms with Crippen LogP contribution in [-0.4, -0.2) is 48.5 Å². The lowest BCUT2D eigenvalue weighted by atomic mass is 10.0. The molecule has 0 bridgehead atoms. The van der Waals surface area contributed by atoms with E-state index in [1.807, 2.05) is 24.3 Å². The van der Waals surface area contributed by atoms with Gasteiger partial charge in [0.15, 0.2) is 16.6 Å². The summed E-state index contributed by atoms with van der Waals surface area (Å²) >= 11 is 1.38. The third kappa shape index (κ3) is 4.72. The molecule has 0 saturated carbocycles. The van der Waals surface area contributed by atoms with Crippen molar-refractivity contribution >= 4 is 42.6 Å². The van der Waals surface area contributed by atoms with Crippen LogP contribution in [0.3, 0.4) is 0 Å². The summed E-state index contributed by atoms with van der Waals surface area (Å²) in [4.78, 5) is 24.5. The van der Waals surface area contributed by atoms with Crippen LogP contribution in [0, 0.1) is 5.92 Å². The summed E-state index contributed by atoms with van der Waals surface area (Å²) in [6, 6.07) is 13.6. The van der Waals surface area contributed by atoms with E-state index in [0.717, 1.165) is 23.1 Å². The smallest absolute Gasteiger partial charge is 0.260 e. The Morgan fingerprint density at radius 3 is 2.55 bits per heavy atom. The van der Waals surface area contributed by atoms with Crippen molar-refractivity contribution in [2.24, 2.45) is 5.92 Å². The summed E-state index contributed by atoms with van der Waals surface area (Å²) in [5.41, 5.74) is 1.91. The number of carbonyl (C=O) groups is 1. The average Bonchev–Trinajstić information content (AvgIpc) is 3.57. The molecule has 0 N–H and O–H groups in total. The second-order valence-corrected chi connectivity index (χ2v) is 12.5. The van der Waals surface area contributed by atoms with Crippen molar-refractivity contribution in [3.63, 3.8) is 0 Å². The highest BCUT2D eigenvalue weighted by Crippen LogP contribution is 2.40. The predicted octanol–water partition coefficient (Wildman–Crippen LogP) is 4.69. The van der Waals surface area contributed by atoms with E-state index in [4.69, 9.17) is 14.5 Å². The molecule has 6 rings (SSSR count). The minimum atomic E-state index is -3.61. The lowest BCUT2D eigenvalue weighted by Crippen LogP contribution is -2.37. The standard InChI is InChI=1S/C27H26N4O5S2/c1-18-8-11-30(12-9-18)38(33,34)21-6-4-20(5-7-21)26(32)31(16-19-3-2-10-28-15-19)27-29-22-13-23-24(36-17-35-23)14-25(22)37-27/h2-7,10,13-15,18H,8-9,11-12,16-17H2,1H3. The van der Waals surface area contributed by atoms with Gasteiger partial charge < -0.3 is 9.47 Å². The molecule has 11 heteroatoms. The zero-order valence-corrected chi connectivity index (χ0v) is 22.4. The Kier molecular flexibility index (Phi) is 6.50. The second kappa shape index (κ2) is 9.97. The first-order chi connectivity index (χ1) is 18.4. The number of sulfonamides is 1. The highest BCUT2D eigenvalue weighted by Gasteiger charge is 2.29. The fraction of sp³-hybridized carbons (Fsp3) is 0.296. The van der Waals surface area contributed by atoms with Crippen LogP contribution in [-0.2, 0) is 16.6 Å². The molecule has 0 spiro atoms. The number of ether oxygens (including phenoxy) is 2. The average molecular weight is 551 g/mol. The van der Waals surface area contributed by atoms with Gasteiger partial charge in [0.2, 0.25) is 16.8 Å². The van der Waals surface area contributed by atoms with Crippen LogP contribution in [0.25, 0.3) is 10.2 Å². The summed E-state index contributed by atoms with van der Waals surface area (Å²) in [6.45, 7) is 3.60. The van der Waals surface area contributed by atoms with Gasteiger partial charge in [-0.3, -0.25) is 14.7 Å². The van der Waals surface area contributed by atoms with Gasteiger partial charge in [-0.1, -0.05) is 24.3 Å². The number of hydrogen-bond donors (Lipinski definition) is 0. The number of hydrogen-bond acceptors (Lipinski definition) is 8. The largest absolute Gasteiger partial charge is 0.454 e. The number of aromatic nitrogens is 2. The van der Waals surface area contributed by atoms with E-state index in [1.54, 1.807) is 29.4 Å². The van der Waals surface area contributed by atoms with Gasteiger partial charge in [0, 0.05) is 43.2 Å². The Morgan fingerprint density at radius 1 is 1.11 bits per heavy atom. The van der Waals surface area contributed by atoms with E-state index in [2.05, 4.69) is 11.9 Å². The number of nitrogens with zero attached hydrogens (tertiary/aromatic N) is 4. The molecule has 0 radical (unpaired) electrons. The van der Waals surface area contributed by atoms with E-state index in [1.165, 1.54) is 27.8 Å². The number of piperidine rings is 1. The predicted molar refractivity (Wildman–Crippen MR) is 144 cm³/mol. The van der Waals surface area contributed by atoms with Gasteiger partial charge in [-0.2, -0.15) is 4.31 Å². The van der Waals surface area contributed by atoms with Gasteiger partial charge in [-0.05, 0) is 54.7 Å². The van der Waals surface area contributed by atoms with E-state index in [-0.39, 0.29) is 24.1 Å². The van der Waals surface area contributed by atoms with Crippen LogP contribution < -0.4 is 14.4 Å². The summed E-state index contributed by atoms with van der Waals surface area (Å²) in [7, 11) is -3.61. The van der Waals surface area contributed by atoms with Crippen LogP contribution in [0.1, 0.15) is 35.7 Å². The molecule has 2 aromatic carbocycles. The summed E-state index contributed by atoms with van der Waals surface area (Å²) in [5.74, 6) is 1.51. The first kappa shape index (κ1) is 24.8. The molecule has 38 heavy (non-hydrogen) atoms. The number of benzene rings is 2. The normalized spacial score (nSPS) is 16.1. The second-order valence-electron chi connectivity index (χ2n) is 9.53. The molecule has 2 aliphatic heterocycles. The first-order valence-corrected chi connectivity index (χ1v) is 14.7. The van der Waals surface area contributed by atoms with E-state index >= 15 is 0 Å². The van der Waals surface area contributed by atoms with Crippen molar-refractivity contribution in [2.45, 2.75) is 31.2 Å². The molecule has 1 saturated heterocycles. The maximum absolute atomic E-state index is 13.8. The molecule has 1 amide bonds. The first-order valence-electron chi connectivity index (χ1n) is 12.4. The molecular formula is C27H26N4O5S2. The molecule has 0 unspecified atom stereocenters.